The third-order valence-corrected chi connectivity index (χ3v) is 5.68. The summed E-state index contributed by atoms with van der Waals surface area (Å²) >= 11 is 0. The molecule has 2 rings (SSSR count). The van der Waals surface area contributed by atoms with Crippen LogP contribution in [-0.2, 0) is 19.4 Å². The van der Waals surface area contributed by atoms with Crippen LogP contribution in [0.1, 0.15) is 12.8 Å². The highest BCUT2D eigenvalue weighted by Gasteiger charge is 2.36. The second kappa shape index (κ2) is 6.09. The fourth-order valence-corrected chi connectivity index (χ4v) is 4.43. The number of carbonyl (C=O) groups excluding carboxylic acids is 1. The lowest BCUT2D eigenvalue weighted by Crippen LogP contribution is -2.50. The number of nitrogens with zero attached hydrogens (tertiary/aromatic N) is 2. The summed E-state index contributed by atoms with van der Waals surface area (Å²) in [6.45, 7) is 2.90. The molecule has 0 radical (unpaired) electrons. The van der Waals surface area contributed by atoms with Crippen molar-refractivity contribution in [3.05, 3.63) is 0 Å². The molecule has 2 aliphatic rings. The number of carbonyl (C=O) groups is 2. The monoisotopic (exact) mass is 304 g/mol. The minimum Gasteiger partial charge on any atom is -0.481 e. The zero-order valence-electron chi connectivity index (χ0n) is 11.3. The van der Waals surface area contributed by atoms with Crippen LogP contribution in [0.5, 0.6) is 0 Å². The molecule has 0 aromatic rings. The smallest absolute Gasteiger partial charge is 0.304 e. The Labute approximate surface area is 118 Å². The molecule has 0 saturated carbocycles. The van der Waals surface area contributed by atoms with E-state index in [-0.39, 0.29) is 29.8 Å². The van der Waals surface area contributed by atoms with Gasteiger partial charge in [0, 0.05) is 32.7 Å². The van der Waals surface area contributed by atoms with Gasteiger partial charge in [-0.25, -0.2) is 8.42 Å². The van der Waals surface area contributed by atoms with Crippen molar-refractivity contribution in [2.45, 2.75) is 12.8 Å². The molecule has 1 atom stereocenters. The van der Waals surface area contributed by atoms with Crippen molar-refractivity contribution in [1.82, 2.24) is 9.80 Å². The molecule has 0 spiro atoms. The van der Waals surface area contributed by atoms with Gasteiger partial charge in [-0.3, -0.25) is 14.5 Å². The summed E-state index contributed by atoms with van der Waals surface area (Å²) in [5.41, 5.74) is 0. The normalized spacial score (nSPS) is 26.6. The van der Waals surface area contributed by atoms with Crippen LogP contribution < -0.4 is 0 Å². The number of piperazine rings is 1. The van der Waals surface area contributed by atoms with E-state index in [1.54, 1.807) is 4.90 Å². The van der Waals surface area contributed by atoms with Crippen molar-refractivity contribution in [2.75, 3.05) is 44.2 Å². The average Bonchev–Trinajstić information content (AvgIpc) is 2.76. The van der Waals surface area contributed by atoms with Gasteiger partial charge in [-0.15, -0.1) is 0 Å². The lowest BCUT2D eigenvalue weighted by atomic mass is 10.1. The molecule has 114 valence electrons. The van der Waals surface area contributed by atoms with Gasteiger partial charge in [0.25, 0.3) is 0 Å². The van der Waals surface area contributed by atoms with Crippen molar-refractivity contribution in [3.63, 3.8) is 0 Å². The van der Waals surface area contributed by atoms with Crippen molar-refractivity contribution in [3.8, 4) is 0 Å². The number of hydrogen-bond acceptors (Lipinski definition) is 5. The first kappa shape index (κ1) is 15.2. The molecule has 0 bridgehead atoms. The second-order valence-corrected chi connectivity index (χ2v) is 7.64. The number of sulfone groups is 1. The molecule has 2 fully saturated rings. The van der Waals surface area contributed by atoms with Crippen LogP contribution in [0.25, 0.3) is 0 Å². The van der Waals surface area contributed by atoms with Gasteiger partial charge >= 0.3 is 5.97 Å². The molecule has 2 saturated heterocycles. The third kappa shape index (κ3) is 3.92. The first-order valence-electron chi connectivity index (χ1n) is 6.81. The summed E-state index contributed by atoms with van der Waals surface area (Å²) in [6, 6.07) is 0. The maximum absolute atomic E-state index is 12.2. The zero-order valence-corrected chi connectivity index (χ0v) is 12.1. The molecule has 20 heavy (non-hydrogen) atoms. The van der Waals surface area contributed by atoms with E-state index < -0.39 is 15.8 Å². The Balaban J connectivity index is 1.79. The van der Waals surface area contributed by atoms with Gasteiger partial charge in [-0.1, -0.05) is 0 Å². The molecule has 7 nitrogen and oxygen atoms in total. The van der Waals surface area contributed by atoms with Crippen LogP contribution in [0, 0.1) is 5.92 Å². The fraction of sp³-hybridized carbons (Fsp3) is 0.833. The van der Waals surface area contributed by atoms with Gasteiger partial charge in [0.05, 0.1) is 23.8 Å². The summed E-state index contributed by atoms with van der Waals surface area (Å²) in [6.07, 6.45) is 0.537. The van der Waals surface area contributed by atoms with E-state index in [9.17, 15) is 18.0 Å². The second-order valence-electron chi connectivity index (χ2n) is 5.41. The zero-order chi connectivity index (χ0) is 14.8. The fourth-order valence-electron chi connectivity index (χ4n) is 2.69. The van der Waals surface area contributed by atoms with E-state index in [0.717, 1.165) is 0 Å². The van der Waals surface area contributed by atoms with Crippen LogP contribution in [0.4, 0.5) is 0 Å². The van der Waals surface area contributed by atoms with Crippen LogP contribution in [-0.4, -0.2) is 79.4 Å². The van der Waals surface area contributed by atoms with Crippen LogP contribution in [0.15, 0.2) is 0 Å². The average molecular weight is 304 g/mol. The first-order valence-corrected chi connectivity index (χ1v) is 8.63. The minimum atomic E-state index is -3.03. The molecular formula is C12H20N2O5S. The van der Waals surface area contributed by atoms with Crippen LogP contribution in [0.3, 0.4) is 0 Å². The Morgan fingerprint density at radius 1 is 1.15 bits per heavy atom. The summed E-state index contributed by atoms with van der Waals surface area (Å²) < 4.78 is 22.8. The number of carboxylic acids is 1. The Hall–Kier alpha value is -1.15. The maximum Gasteiger partial charge on any atom is 0.304 e. The molecule has 1 N–H and O–H groups in total. The molecule has 2 aliphatic heterocycles. The highest BCUT2D eigenvalue weighted by Crippen LogP contribution is 2.21. The molecule has 0 aliphatic carbocycles. The highest BCUT2D eigenvalue weighted by atomic mass is 32.2. The van der Waals surface area contributed by atoms with E-state index >= 15 is 0 Å². The van der Waals surface area contributed by atoms with E-state index in [0.29, 0.717) is 39.1 Å². The molecule has 2 heterocycles. The van der Waals surface area contributed by atoms with Gasteiger partial charge in [0.1, 0.15) is 0 Å². The molecule has 1 amide bonds. The van der Waals surface area contributed by atoms with Gasteiger partial charge in [-0.2, -0.15) is 0 Å². The Kier molecular flexibility index (Phi) is 4.64. The van der Waals surface area contributed by atoms with Crippen molar-refractivity contribution < 1.29 is 23.1 Å². The number of rotatable bonds is 4. The maximum atomic E-state index is 12.2. The van der Waals surface area contributed by atoms with Crippen molar-refractivity contribution >= 4 is 21.7 Å². The lowest BCUT2D eigenvalue weighted by Gasteiger charge is -2.35. The Bertz CT molecular complexity index is 482. The van der Waals surface area contributed by atoms with Crippen molar-refractivity contribution in [2.24, 2.45) is 5.92 Å². The van der Waals surface area contributed by atoms with Gasteiger partial charge in [0.2, 0.25) is 5.91 Å². The standard InChI is InChI=1S/C12H20N2O5S/c15-11(16)1-3-13-4-6-14(7-5-13)12(17)10-2-8-20(18,19)9-10/h10H,1-9H2,(H,15,16). The summed E-state index contributed by atoms with van der Waals surface area (Å²) in [7, 11) is -3.03. The SMILES string of the molecule is O=C(O)CCN1CCN(C(=O)C2CCS(=O)(=O)C2)CC1. The van der Waals surface area contributed by atoms with Crippen LogP contribution in [0.2, 0.25) is 0 Å². The highest BCUT2D eigenvalue weighted by molar-refractivity contribution is 7.91. The Morgan fingerprint density at radius 3 is 2.30 bits per heavy atom. The lowest BCUT2D eigenvalue weighted by molar-refractivity contribution is -0.139. The molecule has 1 unspecified atom stereocenters. The van der Waals surface area contributed by atoms with E-state index in [4.69, 9.17) is 5.11 Å². The quantitative estimate of drug-likeness (QED) is 0.719. The number of amides is 1. The predicted octanol–water partition coefficient (Wildman–Crippen LogP) is -0.960. The van der Waals surface area contributed by atoms with Gasteiger partial charge in [-0.05, 0) is 6.42 Å². The number of aliphatic carboxylic acids is 1. The van der Waals surface area contributed by atoms with E-state index in [1.807, 2.05) is 4.90 Å². The summed E-state index contributed by atoms with van der Waals surface area (Å²) in [5.74, 6) is -1.18. The third-order valence-electron chi connectivity index (χ3n) is 3.91. The molecular weight excluding hydrogens is 284 g/mol. The molecule has 0 aromatic heterocycles. The largest absolute Gasteiger partial charge is 0.481 e. The van der Waals surface area contributed by atoms with E-state index in [1.165, 1.54) is 0 Å². The number of carboxylic acid groups (broad SMARTS) is 1. The molecule has 8 heteroatoms. The minimum absolute atomic E-state index is 0.0228. The Morgan fingerprint density at radius 2 is 1.80 bits per heavy atom. The van der Waals surface area contributed by atoms with Crippen molar-refractivity contribution in [1.29, 1.82) is 0 Å². The van der Waals surface area contributed by atoms with Crippen LogP contribution >= 0.6 is 0 Å². The summed E-state index contributed by atoms with van der Waals surface area (Å²) in [5, 5.41) is 8.63. The van der Waals surface area contributed by atoms with E-state index in [2.05, 4.69) is 0 Å². The van der Waals surface area contributed by atoms with Gasteiger partial charge in [0.15, 0.2) is 9.84 Å². The number of hydrogen-bond donors (Lipinski definition) is 1. The molecule has 0 aromatic carbocycles. The topological polar surface area (TPSA) is 95.0 Å². The van der Waals surface area contributed by atoms with Gasteiger partial charge < -0.3 is 10.0 Å². The predicted molar refractivity (Wildman–Crippen MR) is 72.0 cm³/mol. The first-order chi connectivity index (χ1) is 9.37. The summed E-state index contributed by atoms with van der Waals surface area (Å²) in [4.78, 5) is 26.4.